The first-order chi connectivity index (χ1) is 14.3. The van der Waals surface area contributed by atoms with Crippen molar-refractivity contribution in [2.24, 2.45) is 0 Å². The minimum atomic E-state index is -4.80. The number of hydrogen-bond donors (Lipinski definition) is 2. The highest BCUT2D eigenvalue weighted by Crippen LogP contribution is 2.26. The Morgan fingerprint density at radius 2 is 1.87 bits per heavy atom. The van der Waals surface area contributed by atoms with Crippen LogP contribution in [0.1, 0.15) is 21.6 Å². The molecule has 30 heavy (non-hydrogen) atoms. The number of nitrogens with one attached hydrogen (secondary N) is 2. The SMILES string of the molecule is O=C(NCC(=O)N1CCc2ccccc2C1)c1cc2ccc(OC(F)(F)F)cc2[nH]1. The van der Waals surface area contributed by atoms with E-state index in [4.69, 9.17) is 0 Å². The van der Waals surface area contributed by atoms with Crippen LogP contribution in [0.25, 0.3) is 10.9 Å². The van der Waals surface area contributed by atoms with Gasteiger partial charge >= 0.3 is 6.36 Å². The summed E-state index contributed by atoms with van der Waals surface area (Å²) >= 11 is 0. The van der Waals surface area contributed by atoms with Gasteiger partial charge in [0, 0.05) is 30.1 Å². The fourth-order valence-corrected chi connectivity index (χ4v) is 3.50. The van der Waals surface area contributed by atoms with Crippen molar-refractivity contribution in [2.45, 2.75) is 19.3 Å². The molecule has 156 valence electrons. The summed E-state index contributed by atoms with van der Waals surface area (Å²) in [6.45, 7) is 0.915. The molecule has 0 atom stereocenters. The molecule has 0 fully saturated rings. The summed E-state index contributed by atoms with van der Waals surface area (Å²) in [6, 6.07) is 13.2. The van der Waals surface area contributed by atoms with Crippen LogP contribution in [-0.4, -0.2) is 41.2 Å². The molecular formula is C21H18F3N3O3. The molecule has 0 bridgehead atoms. The van der Waals surface area contributed by atoms with Crippen molar-refractivity contribution < 1.29 is 27.5 Å². The van der Waals surface area contributed by atoms with Crippen LogP contribution >= 0.6 is 0 Å². The monoisotopic (exact) mass is 417 g/mol. The van der Waals surface area contributed by atoms with Crippen molar-refractivity contribution in [3.05, 3.63) is 65.4 Å². The zero-order valence-electron chi connectivity index (χ0n) is 15.8. The van der Waals surface area contributed by atoms with Gasteiger partial charge < -0.3 is 19.9 Å². The molecule has 2 heterocycles. The minimum Gasteiger partial charge on any atom is -0.406 e. The van der Waals surface area contributed by atoms with Gasteiger partial charge in [0.2, 0.25) is 5.91 Å². The number of nitrogens with zero attached hydrogens (tertiary/aromatic N) is 1. The van der Waals surface area contributed by atoms with E-state index in [-0.39, 0.29) is 23.9 Å². The molecule has 0 spiro atoms. The summed E-state index contributed by atoms with van der Waals surface area (Å²) in [5.74, 6) is -1.10. The summed E-state index contributed by atoms with van der Waals surface area (Å²) in [6.07, 6.45) is -4.03. The molecule has 6 nitrogen and oxygen atoms in total. The maximum Gasteiger partial charge on any atom is 0.573 e. The molecule has 9 heteroatoms. The van der Waals surface area contributed by atoms with Crippen LogP contribution in [0, 0.1) is 0 Å². The molecule has 2 amide bonds. The van der Waals surface area contributed by atoms with Gasteiger partial charge in [-0.2, -0.15) is 0 Å². The van der Waals surface area contributed by atoms with Gasteiger partial charge in [-0.05, 0) is 35.7 Å². The van der Waals surface area contributed by atoms with Gasteiger partial charge in [-0.3, -0.25) is 9.59 Å². The summed E-state index contributed by atoms with van der Waals surface area (Å²) in [7, 11) is 0. The second kappa shape index (κ2) is 7.74. The van der Waals surface area contributed by atoms with Crippen LogP contribution < -0.4 is 10.1 Å². The Balaban J connectivity index is 1.38. The van der Waals surface area contributed by atoms with E-state index in [9.17, 15) is 22.8 Å². The van der Waals surface area contributed by atoms with Gasteiger partial charge in [0.05, 0.1) is 6.54 Å². The third-order valence-corrected chi connectivity index (χ3v) is 4.96. The summed E-state index contributed by atoms with van der Waals surface area (Å²) in [5, 5.41) is 3.11. The van der Waals surface area contributed by atoms with Crippen molar-refractivity contribution in [2.75, 3.05) is 13.1 Å². The molecular weight excluding hydrogens is 399 g/mol. The lowest BCUT2D eigenvalue weighted by Gasteiger charge is -2.28. The van der Waals surface area contributed by atoms with Gasteiger partial charge in [-0.15, -0.1) is 13.2 Å². The Labute approximate surface area is 169 Å². The largest absolute Gasteiger partial charge is 0.573 e. The number of ether oxygens (including phenoxy) is 1. The number of alkyl halides is 3. The first kappa shape index (κ1) is 19.8. The summed E-state index contributed by atoms with van der Waals surface area (Å²) in [5.41, 5.74) is 2.78. The van der Waals surface area contributed by atoms with Crippen molar-refractivity contribution in [1.29, 1.82) is 0 Å². The molecule has 0 saturated carbocycles. The number of H-pyrrole nitrogens is 1. The summed E-state index contributed by atoms with van der Waals surface area (Å²) < 4.78 is 40.9. The molecule has 0 unspecified atom stereocenters. The smallest absolute Gasteiger partial charge is 0.406 e. The van der Waals surface area contributed by atoms with E-state index >= 15 is 0 Å². The lowest BCUT2D eigenvalue weighted by molar-refractivity contribution is -0.274. The second-order valence-corrected chi connectivity index (χ2v) is 7.00. The highest BCUT2D eigenvalue weighted by molar-refractivity contribution is 5.99. The number of fused-ring (bicyclic) bond motifs is 2. The van der Waals surface area contributed by atoms with Gasteiger partial charge in [0.1, 0.15) is 11.4 Å². The van der Waals surface area contributed by atoms with Crippen molar-refractivity contribution in [3.8, 4) is 5.75 Å². The zero-order chi connectivity index (χ0) is 21.3. The molecule has 0 radical (unpaired) electrons. The molecule has 2 aromatic carbocycles. The first-order valence-corrected chi connectivity index (χ1v) is 9.30. The van der Waals surface area contributed by atoms with Gasteiger partial charge in [0.25, 0.3) is 5.91 Å². The number of aromatic nitrogens is 1. The molecule has 1 aliphatic rings. The Morgan fingerprint density at radius 1 is 1.10 bits per heavy atom. The Morgan fingerprint density at radius 3 is 2.63 bits per heavy atom. The van der Waals surface area contributed by atoms with E-state index in [1.807, 2.05) is 24.3 Å². The number of hydrogen-bond acceptors (Lipinski definition) is 3. The highest BCUT2D eigenvalue weighted by atomic mass is 19.4. The van der Waals surface area contributed by atoms with E-state index in [1.165, 1.54) is 23.8 Å². The number of halogens is 3. The Kier molecular flexibility index (Phi) is 5.11. The van der Waals surface area contributed by atoms with Crippen molar-refractivity contribution in [3.63, 3.8) is 0 Å². The van der Waals surface area contributed by atoms with Crippen LogP contribution in [0.4, 0.5) is 13.2 Å². The average Bonchev–Trinajstić information content (AvgIpc) is 3.13. The third-order valence-electron chi connectivity index (χ3n) is 4.96. The molecule has 1 aliphatic heterocycles. The van der Waals surface area contributed by atoms with Gasteiger partial charge in [-0.1, -0.05) is 24.3 Å². The van der Waals surface area contributed by atoms with Gasteiger partial charge in [-0.25, -0.2) is 0 Å². The number of aromatic amines is 1. The predicted octanol–water partition coefficient (Wildman–Crippen LogP) is 3.38. The second-order valence-electron chi connectivity index (χ2n) is 7.00. The number of rotatable bonds is 4. The normalized spacial score (nSPS) is 13.8. The molecule has 3 aromatic rings. The van der Waals surface area contributed by atoms with Crippen LogP contribution in [-0.2, 0) is 17.8 Å². The number of carbonyl (C=O) groups is 2. The quantitative estimate of drug-likeness (QED) is 0.684. The van der Waals surface area contributed by atoms with Crippen LogP contribution in [0.15, 0.2) is 48.5 Å². The van der Waals surface area contributed by atoms with E-state index in [0.29, 0.717) is 24.0 Å². The van der Waals surface area contributed by atoms with Crippen molar-refractivity contribution in [1.82, 2.24) is 15.2 Å². The molecule has 4 rings (SSSR count). The number of amides is 2. The Hall–Kier alpha value is -3.49. The molecule has 1 aromatic heterocycles. The topological polar surface area (TPSA) is 74.4 Å². The fourth-order valence-electron chi connectivity index (χ4n) is 3.50. The highest BCUT2D eigenvalue weighted by Gasteiger charge is 2.31. The maximum absolute atomic E-state index is 12.5. The van der Waals surface area contributed by atoms with Gasteiger partial charge in [0.15, 0.2) is 0 Å². The molecule has 0 saturated heterocycles. The van der Waals surface area contributed by atoms with Crippen LogP contribution in [0.5, 0.6) is 5.75 Å². The molecule has 0 aliphatic carbocycles. The lowest BCUT2D eigenvalue weighted by Crippen LogP contribution is -2.42. The maximum atomic E-state index is 12.5. The van der Waals surface area contributed by atoms with Crippen LogP contribution in [0.2, 0.25) is 0 Å². The Bertz CT molecular complexity index is 1110. The summed E-state index contributed by atoms with van der Waals surface area (Å²) in [4.78, 5) is 29.3. The average molecular weight is 417 g/mol. The minimum absolute atomic E-state index is 0.144. The standard InChI is InChI=1S/C21H18F3N3O3/c22-21(23,24)30-16-6-5-14-9-18(26-17(14)10-16)20(29)25-11-19(28)27-8-7-13-3-1-2-4-15(13)12-27/h1-6,9-10,26H,7-8,11-12H2,(H,25,29). The van der Waals surface area contributed by atoms with E-state index in [0.717, 1.165) is 18.1 Å². The van der Waals surface area contributed by atoms with Crippen molar-refractivity contribution >= 4 is 22.7 Å². The van der Waals surface area contributed by atoms with E-state index in [1.54, 1.807) is 4.90 Å². The predicted molar refractivity (Wildman–Crippen MR) is 103 cm³/mol. The molecule has 2 N–H and O–H groups in total. The first-order valence-electron chi connectivity index (χ1n) is 9.30. The zero-order valence-corrected chi connectivity index (χ0v) is 15.8. The lowest BCUT2D eigenvalue weighted by atomic mass is 10.00. The fraction of sp³-hybridized carbons (Fsp3) is 0.238. The van der Waals surface area contributed by atoms with Crippen LogP contribution in [0.3, 0.4) is 0 Å². The van der Waals surface area contributed by atoms with E-state index < -0.39 is 12.3 Å². The third kappa shape index (κ3) is 4.40. The number of benzene rings is 2. The number of carbonyl (C=O) groups excluding carboxylic acids is 2. The van der Waals surface area contributed by atoms with E-state index in [2.05, 4.69) is 15.0 Å².